The highest BCUT2D eigenvalue weighted by Gasteiger charge is 2.73. The Morgan fingerprint density at radius 3 is 2.47 bits per heavy atom. The highest BCUT2D eigenvalue weighted by Crippen LogP contribution is 2.45. The average Bonchev–Trinajstić information content (AvgIpc) is 3.41. The van der Waals surface area contributed by atoms with Crippen molar-refractivity contribution in [3.05, 3.63) is 34.9 Å². The summed E-state index contributed by atoms with van der Waals surface area (Å²) >= 11 is 0. The van der Waals surface area contributed by atoms with Gasteiger partial charge in [-0.05, 0) is 29.5 Å². The lowest BCUT2D eigenvalue weighted by atomic mass is 9.82. The van der Waals surface area contributed by atoms with Crippen LogP contribution < -0.4 is 22.1 Å². The number of hydrogen-bond donors (Lipinski definition) is 6. The van der Waals surface area contributed by atoms with Gasteiger partial charge in [0.05, 0.1) is 12.6 Å². The van der Waals surface area contributed by atoms with E-state index in [1.807, 2.05) is 13.0 Å². The molecule has 4 atom stereocenters. The SMILES string of the molecule is Cc1c(C(=O)NC2CN3C(N)=N[C@@H](CN4C(=O)CCC4=O)C4N=C(N)NC43C2(O)O)cccc1C(C)(C)C. The first-order chi connectivity index (χ1) is 17.7. The summed E-state index contributed by atoms with van der Waals surface area (Å²) in [6, 6.07) is 2.33. The topological polar surface area (TPSA) is 199 Å². The Kier molecular flexibility index (Phi) is 5.73. The normalized spacial score (nSPS) is 30.0. The number of likely N-dealkylation sites (tertiary alicyclic amines) is 1. The summed E-state index contributed by atoms with van der Waals surface area (Å²) in [4.78, 5) is 49.3. The number of carbonyl (C=O) groups excluding carboxylic acids is 3. The average molecular weight is 527 g/mol. The van der Waals surface area contributed by atoms with E-state index in [1.54, 1.807) is 12.1 Å². The van der Waals surface area contributed by atoms with E-state index in [9.17, 15) is 24.6 Å². The molecule has 3 unspecified atom stereocenters. The van der Waals surface area contributed by atoms with Crippen LogP contribution in [0.1, 0.15) is 55.1 Å². The second-order valence-electron chi connectivity index (χ2n) is 11.4. The number of guanidine groups is 2. The molecule has 2 fully saturated rings. The number of aliphatic imine (C=N–C) groups is 2. The van der Waals surface area contributed by atoms with Crippen molar-refractivity contribution in [2.24, 2.45) is 21.5 Å². The summed E-state index contributed by atoms with van der Waals surface area (Å²) in [5, 5.41) is 28.9. The van der Waals surface area contributed by atoms with Gasteiger partial charge in [-0.15, -0.1) is 0 Å². The zero-order chi connectivity index (χ0) is 27.8. The van der Waals surface area contributed by atoms with Crippen LogP contribution in [0, 0.1) is 6.92 Å². The first-order valence-corrected chi connectivity index (χ1v) is 12.6. The molecule has 0 saturated carbocycles. The first kappa shape index (κ1) is 25.9. The zero-order valence-corrected chi connectivity index (χ0v) is 21.9. The highest BCUT2D eigenvalue weighted by atomic mass is 16.5. The van der Waals surface area contributed by atoms with Gasteiger partial charge in [-0.2, -0.15) is 0 Å². The van der Waals surface area contributed by atoms with Crippen molar-refractivity contribution in [2.45, 2.75) is 75.5 Å². The summed E-state index contributed by atoms with van der Waals surface area (Å²) in [7, 11) is 0. The molecular formula is C25H34N8O5. The number of aliphatic hydroxyl groups is 2. The smallest absolute Gasteiger partial charge is 0.252 e. The summed E-state index contributed by atoms with van der Waals surface area (Å²) in [6.45, 7) is 7.77. The molecule has 204 valence electrons. The third kappa shape index (κ3) is 3.63. The van der Waals surface area contributed by atoms with E-state index in [4.69, 9.17) is 11.5 Å². The Labute approximate surface area is 220 Å². The Morgan fingerprint density at radius 1 is 1.18 bits per heavy atom. The fourth-order valence-electron chi connectivity index (χ4n) is 6.18. The van der Waals surface area contributed by atoms with Gasteiger partial charge in [-0.1, -0.05) is 32.9 Å². The molecule has 1 spiro atoms. The minimum atomic E-state index is -2.62. The van der Waals surface area contributed by atoms with Gasteiger partial charge in [0.2, 0.25) is 17.6 Å². The molecular weight excluding hydrogens is 492 g/mol. The van der Waals surface area contributed by atoms with E-state index in [0.717, 1.165) is 16.0 Å². The van der Waals surface area contributed by atoms with Gasteiger partial charge < -0.3 is 37.2 Å². The molecule has 4 heterocycles. The molecule has 8 N–H and O–H groups in total. The lowest BCUT2D eigenvalue weighted by Crippen LogP contribution is -2.78. The molecule has 1 aromatic rings. The van der Waals surface area contributed by atoms with Gasteiger partial charge in [-0.3, -0.25) is 19.3 Å². The lowest BCUT2D eigenvalue weighted by molar-refractivity contribution is -0.230. The van der Waals surface area contributed by atoms with Crippen LogP contribution in [0.4, 0.5) is 0 Å². The van der Waals surface area contributed by atoms with Crippen molar-refractivity contribution in [3.8, 4) is 0 Å². The monoisotopic (exact) mass is 526 g/mol. The number of nitrogens with zero attached hydrogens (tertiary/aromatic N) is 4. The Balaban J connectivity index is 1.46. The molecule has 4 aliphatic rings. The zero-order valence-electron chi connectivity index (χ0n) is 21.9. The van der Waals surface area contributed by atoms with Crippen molar-refractivity contribution in [1.82, 2.24) is 20.4 Å². The van der Waals surface area contributed by atoms with Gasteiger partial charge in [0.15, 0.2) is 17.6 Å². The fourth-order valence-corrected chi connectivity index (χ4v) is 6.18. The summed E-state index contributed by atoms with van der Waals surface area (Å²) in [6.07, 6.45) is 0.203. The van der Waals surface area contributed by atoms with E-state index in [1.165, 1.54) is 4.90 Å². The third-order valence-corrected chi connectivity index (χ3v) is 8.02. The van der Waals surface area contributed by atoms with Crippen LogP contribution >= 0.6 is 0 Å². The van der Waals surface area contributed by atoms with Crippen molar-refractivity contribution < 1.29 is 24.6 Å². The number of imide groups is 1. The number of nitrogens with one attached hydrogen (secondary N) is 2. The standard InChI is InChI=1S/C25H34N8O5/c1-12-13(6-5-7-14(12)23(2,3)4)20(36)29-16-11-33-22(27)28-15(10-32-17(34)8-9-18(32)35)19-24(33,25(16,37)38)31-21(26)30-19/h5-7,15-16,19,37-38H,8-11H2,1-4H3,(H2,27,28)(H,29,36)(H3,26,30,31)/t15-,16?,19?,24?/m0/s1. The van der Waals surface area contributed by atoms with E-state index < -0.39 is 35.5 Å². The summed E-state index contributed by atoms with van der Waals surface area (Å²) < 4.78 is 0. The van der Waals surface area contributed by atoms with Crippen LogP contribution in [0.15, 0.2) is 28.2 Å². The molecule has 13 nitrogen and oxygen atoms in total. The minimum absolute atomic E-state index is 0.0575. The van der Waals surface area contributed by atoms with Gasteiger partial charge in [0, 0.05) is 24.9 Å². The fraction of sp³-hybridized carbons (Fsp3) is 0.560. The van der Waals surface area contributed by atoms with Crippen LogP contribution in [0.2, 0.25) is 0 Å². The molecule has 38 heavy (non-hydrogen) atoms. The third-order valence-electron chi connectivity index (χ3n) is 8.02. The van der Waals surface area contributed by atoms with Crippen LogP contribution in [0.25, 0.3) is 0 Å². The van der Waals surface area contributed by atoms with Gasteiger partial charge in [0.1, 0.15) is 12.1 Å². The van der Waals surface area contributed by atoms with E-state index >= 15 is 0 Å². The second-order valence-corrected chi connectivity index (χ2v) is 11.4. The van der Waals surface area contributed by atoms with E-state index in [2.05, 4.69) is 41.4 Å². The van der Waals surface area contributed by atoms with Gasteiger partial charge >= 0.3 is 0 Å². The quantitative estimate of drug-likeness (QED) is 0.194. The molecule has 3 amide bonds. The van der Waals surface area contributed by atoms with Crippen molar-refractivity contribution in [3.63, 3.8) is 0 Å². The second kappa shape index (κ2) is 8.40. The van der Waals surface area contributed by atoms with E-state index in [0.29, 0.717) is 5.56 Å². The van der Waals surface area contributed by atoms with Crippen LogP contribution in [-0.4, -0.2) is 92.3 Å². The van der Waals surface area contributed by atoms with Crippen LogP contribution in [0.3, 0.4) is 0 Å². The molecule has 0 radical (unpaired) electrons. The minimum Gasteiger partial charge on any atom is -0.370 e. The summed E-state index contributed by atoms with van der Waals surface area (Å²) in [5.74, 6) is -3.92. The largest absolute Gasteiger partial charge is 0.370 e. The van der Waals surface area contributed by atoms with Crippen molar-refractivity contribution >= 4 is 29.6 Å². The first-order valence-electron chi connectivity index (χ1n) is 12.6. The predicted octanol–water partition coefficient (Wildman–Crippen LogP) is -1.78. The number of carbonyl (C=O) groups is 3. The Morgan fingerprint density at radius 2 is 1.84 bits per heavy atom. The van der Waals surface area contributed by atoms with Gasteiger partial charge in [-0.25, -0.2) is 9.98 Å². The molecule has 5 rings (SSSR count). The molecule has 1 aromatic carbocycles. The summed E-state index contributed by atoms with van der Waals surface area (Å²) in [5.41, 5.74) is 12.5. The Bertz CT molecular complexity index is 1270. The molecule has 0 aromatic heterocycles. The maximum atomic E-state index is 13.4. The molecule has 0 bridgehead atoms. The molecule has 2 saturated heterocycles. The van der Waals surface area contributed by atoms with Crippen molar-refractivity contribution in [2.75, 3.05) is 13.1 Å². The van der Waals surface area contributed by atoms with Crippen molar-refractivity contribution in [1.29, 1.82) is 0 Å². The van der Waals surface area contributed by atoms with Gasteiger partial charge in [0.25, 0.3) is 5.91 Å². The maximum absolute atomic E-state index is 13.4. The number of amides is 3. The maximum Gasteiger partial charge on any atom is 0.252 e. The van der Waals surface area contributed by atoms with Crippen LogP contribution in [-0.2, 0) is 15.0 Å². The molecule has 0 aliphatic carbocycles. The van der Waals surface area contributed by atoms with Crippen LogP contribution in [0.5, 0.6) is 0 Å². The highest BCUT2D eigenvalue weighted by molar-refractivity contribution is 6.02. The van der Waals surface area contributed by atoms with E-state index in [-0.39, 0.29) is 55.1 Å². The number of hydrogen-bond acceptors (Lipinski definition) is 11. The Hall–Kier alpha value is -3.71. The number of benzene rings is 1. The predicted molar refractivity (Wildman–Crippen MR) is 138 cm³/mol. The number of rotatable bonds is 4. The molecule has 4 aliphatic heterocycles. The lowest BCUT2D eigenvalue weighted by Gasteiger charge is -2.49. The number of nitrogens with two attached hydrogens (primary N) is 2. The molecule has 13 heteroatoms.